The van der Waals surface area contributed by atoms with Crippen molar-refractivity contribution in [3.8, 4) is 57.0 Å². The van der Waals surface area contributed by atoms with Crippen molar-refractivity contribution < 1.29 is 9.47 Å². The molecule has 13 heteroatoms. The van der Waals surface area contributed by atoms with E-state index in [1.165, 1.54) is 143 Å². The van der Waals surface area contributed by atoms with Gasteiger partial charge in [-0.05, 0) is 270 Å². The molecule has 0 atom stereocenters. The molecule has 716 valence electrons. The Morgan fingerprint density at radius 3 is 1.07 bits per heavy atom. The zero-order valence-corrected chi connectivity index (χ0v) is 88.0. The van der Waals surface area contributed by atoms with E-state index in [-0.39, 0.29) is 48.7 Å². The Bertz CT molecular complexity index is 7300. The number of methoxy groups -OCH3 is 2. The number of ether oxygens (including phenoxy) is 2. The molecular weight excluding hydrogens is 1690 g/mol. The Labute approximate surface area is 820 Å². The maximum Gasteiger partial charge on any atom is 0.130 e. The fraction of sp³-hybridized carbons (Fsp3) is 0.336. The molecule has 0 bridgehead atoms. The molecule has 0 fully saturated rings. The minimum atomic E-state index is 0.000494. The van der Waals surface area contributed by atoms with Crippen LogP contribution >= 0.6 is 0 Å². The SMILES string of the molecule is CC(C)(C)c1cc2[nH]ccc2cc1-c1ccccc1.CC(C)(C)c1cc2[nH]ccc2cc1-c1cccnc1.CC(C)(C)c1ccc2c(C#N)c[nH]c2c1.CC(C)(C)c1ccc2c(C(C)(C)C)c[nH]c2c1.CC(C)(C)c1ccc2c(CC#N)c[nH]c2c1.CCc1c[nH]c2cc(C(C)(C)C)ccc12.COc1cccc(OC)c1-c1cc2cc[nH]c2cc1C(C)(C)C.Cc1c[nH]c2cc(C(C)(C)C)ccc12. The topological polar surface area (TPSA) is 205 Å². The van der Waals surface area contributed by atoms with E-state index in [0.717, 1.165) is 61.9 Å². The molecule has 9 aromatic heterocycles. The first-order chi connectivity index (χ1) is 64.8. The van der Waals surface area contributed by atoms with E-state index in [4.69, 9.17) is 20.0 Å². The van der Waals surface area contributed by atoms with Gasteiger partial charge in [-0.15, -0.1) is 0 Å². The van der Waals surface area contributed by atoms with Gasteiger partial charge in [0.25, 0.3) is 0 Å². The standard InChI is InChI=1S/C20H23NO2.C18H19N.C17H18N2.C16H23N.C14H16N2.C14H19N.C13H14N2.C13H17N/c1-20(2,3)15-12-16-13(9-10-21-16)11-14(15)19-17(22-4)7-6-8-18(19)23-5;1-18(2,3)16-12-17-14(9-10-19-17)11-15(16)13-7-5-4-6-8-13;1-17(2,3)15-10-16-12(6-8-19-16)9-14(15)13-5-4-7-18-11-13;1-15(2,3)11-7-8-12-13(16(4,5)6)10-17-14(12)9-11;1-14(2,3)11-4-5-12-10(6-7-15)9-16-13(12)8-11;1-5-10-9-15-13-8-11(14(2,3)4)6-7-12(10)13;1-13(2,3)10-4-5-11-9(7-14)8-15-12(11)6-10;1-9-8-14-12-7-10(13(2,3)4)5-6-11(9)12/h6-12,21H,1-5H3;4-12,19H,1-3H3;4-11,19H,1-3H3;7-10,17H,1-6H3;4-5,8-9,16H,6H2,1-3H3;6-9,15H,5H2,1-4H3;4-6,8,15H,1-3H3;5-8,14H,1-4H3. The number of rotatable bonds is 7. The van der Waals surface area contributed by atoms with E-state index in [1.807, 2.05) is 67.5 Å². The van der Waals surface area contributed by atoms with Gasteiger partial charge in [-0.3, -0.25) is 4.98 Å². The third kappa shape index (κ3) is 24.8. The second-order valence-electron chi connectivity index (χ2n) is 45.9. The number of nitriles is 2. The van der Waals surface area contributed by atoms with Crippen LogP contribution in [0.1, 0.15) is 266 Å². The van der Waals surface area contributed by atoms with Crippen molar-refractivity contribution in [3.05, 3.63) is 341 Å². The summed E-state index contributed by atoms with van der Waals surface area (Å²) in [6, 6.07) is 77.8. The lowest BCUT2D eigenvalue weighted by Gasteiger charge is -2.25. The Morgan fingerprint density at radius 1 is 0.304 bits per heavy atom. The highest BCUT2D eigenvalue weighted by Crippen LogP contribution is 2.46. The number of aromatic nitrogens is 9. The van der Waals surface area contributed by atoms with Crippen molar-refractivity contribution in [1.29, 1.82) is 10.5 Å². The third-order valence-corrected chi connectivity index (χ3v) is 25.9. The van der Waals surface area contributed by atoms with Gasteiger partial charge in [0.05, 0.1) is 37.8 Å². The Morgan fingerprint density at radius 2 is 0.659 bits per heavy atom. The fourth-order valence-electron chi connectivity index (χ4n) is 17.6. The first kappa shape index (κ1) is 103. The first-order valence-electron chi connectivity index (χ1n) is 48.6. The van der Waals surface area contributed by atoms with Crippen LogP contribution in [0, 0.1) is 29.6 Å². The fourth-order valence-corrected chi connectivity index (χ4v) is 17.6. The molecule has 0 radical (unpaired) electrons. The van der Waals surface area contributed by atoms with Crippen LogP contribution in [0.15, 0.2) is 268 Å². The highest BCUT2D eigenvalue weighted by atomic mass is 16.5. The van der Waals surface area contributed by atoms with E-state index in [2.05, 4.69) is 452 Å². The van der Waals surface area contributed by atoms with Gasteiger partial charge in [0.2, 0.25) is 0 Å². The number of pyridine rings is 1. The molecule has 0 saturated carbocycles. The summed E-state index contributed by atoms with van der Waals surface area (Å²) in [6.45, 7) is 64.7. The van der Waals surface area contributed by atoms with Crippen LogP contribution in [0.5, 0.6) is 11.5 Å². The van der Waals surface area contributed by atoms with Gasteiger partial charge in [0.15, 0.2) is 0 Å². The summed E-state index contributed by atoms with van der Waals surface area (Å²) in [7, 11) is 3.40. The number of nitrogens with zero attached hydrogens (tertiary/aromatic N) is 3. The first-order valence-corrected chi connectivity index (χ1v) is 48.6. The molecule has 0 aliphatic carbocycles. The minimum absolute atomic E-state index is 0.000494. The van der Waals surface area contributed by atoms with Crippen LogP contribution in [0.25, 0.3) is 121 Å². The Hall–Kier alpha value is -13.8. The average molecular weight is 1840 g/mol. The van der Waals surface area contributed by atoms with E-state index in [1.54, 1.807) is 20.4 Å². The highest BCUT2D eigenvalue weighted by molar-refractivity contribution is 5.94. The summed E-state index contributed by atoms with van der Waals surface area (Å²) in [5.41, 5.74) is 34.7. The van der Waals surface area contributed by atoms with Gasteiger partial charge in [0.1, 0.15) is 17.6 Å². The van der Waals surface area contributed by atoms with Crippen molar-refractivity contribution in [3.63, 3.8) is 0 Å². The molecule has 0 unspecified atom stereocenters. The molecule has 0 aliphatic heterocycles. The molecule has 19 rings (SSSR count). The summed E-state index contributed by atoms with van der Waals surface area (Å²) in [5.74, 6) is 1.65. The number of hydrogen-bond donors (Lipinski definition) is 8. The summed E-state index contributed by atoms with van der Waals surface area (Å²) in [5, 5.41) is 27.5. The zero-order chi connectivity index (χ0) is 101. The molecule has 10 aromatic carbocycles. The molecule has 0 spiro atoms. The van der Waals surface area contributed by atoms with Crippen molar-refractivity contribution >= 4 is 87.2 Å². The minimum Gasteiger partial charge on any atom is -0.496 e. The van der Waals surface area contributed by atoms with Crippen LogP contribution < -0.4 is 9.47 Å². The van der Waals surface area contributed by atoms with Crippen LogP contribution in [0.3, 0.4) is 0 Å². The predicted molar refractivity (Wildman–Crippen MR) is 590 cm³/mol. The van der Waals surface area contributed by atoms with Crippen LogP contribution in [0.4, 0.5) is 0 Å². The highest BCUT2D eigenvalue weighted by Gasteiger charge is 2.28. The molecule has 8 N–H and O–H groups in total. The number of benzene rings is 10. The average Bonchev–Trinajstić information content (AvgIpc) is 1.34. The largest absolute Gasteiger partial charge is 0.496 e. The van der Waals surface area contributed by atoms with Gasteiger partial charge >= 0.3 is 0 Å². The van der Waals surface area contributed by atoms with Gasteiger partial charge in [-0.2, -0.15) is 10.5 Å². The van der Waals surface area contributed by atoms with Crippen molar-refractivity contribution in [1.82, 2.24) is 44.9 Å². The lowest BCUT2D eigenvalue weighted by Crippen LogP contribution is -2.13. The number of hydrogen-bond acceptors (Lipinski definition) is 5. The van der Waals surface area contributed by atoms with Gasteiger partial charge in [0, 0.05) is 139 Å². The summed E-state index contributed by atoms with van der Waals surface area (Å²) in [4.78, 5) is 30.6. The Kier molecular flexibility index (Phi) is 31.2. The lowest BCUT2D eigenvalue weighted by atomic mass is 9.81. The number of fused-ring (bicyclic) bond motifs is 8. The van der Waals surface area contributed by atoms with E-state index >= 15 is 0 Å². The molecule has 9 heterocycles. The molecule has 0 amide bonds. The monoisotopic (exact) mass is 1840 g/mol. The number of nitrogens with one attached hydrogen (secondary N) is 8. The normalized spacial score (nSPS) is 12.1. The number of H-pyrrole nitrogens is 8. The smallest absolute Gasteiger partial charge is 0.130 e. The van der Waals surface area contributed by atoms with Crippen molar-refractivity contribution in [2.24, 2.45) is 0 Å². The van der Waals surface area contributed by atoms with Crippen LogP contribution in [0.2, 0.25) is 0 Å². The van der Waals surface area contributed by atoms with Gasteiger partial charge in [-0.25, -0.2) is 0 Å². The third-order valence-electron chi connectivity index (χ3n) is 25.9. The van der Waals surface area contributed by atoms with E-state index < -0.39 is 0 Å². The molecular formula is C125H149N11O2. The lowest BCUT2D eigenvalue weighted by molar-refractivity contribution is 0.397. The maximum absolute atomic E-state index is 8.88. The second kappa shape index (κ2) is 41.7. The summed E-state index contributed by atoms with van der Waals surface area (Å²) < 4.78 is 11.2. The molecule has 19 aromatic rings. The molecule has 13 nitrogen and oxygen atoms in total. The Balaban J connectivity index is 0.000000142. The molecule has 0 saturated heterocycles. The van der Waals surface area contributed by atoms with E-state index in [9.17, 15) is 0 Å². The summed E-state index contributed by atoms with van der Waals surface area (Å²) in [6.07, 6.45) is 21.3. The van der Waals surface area contributed by atoms with Gasteiger partial charge in [-0.1, -0.05) is 297 Å². The predicted octanol–water partition coefficient (Wildman–Crippen LogP) is 34.2. The molecule has 138 heavy (non-hydrogen) atoms. The number of aromatic amines is 8. The number of aryl methyl sites for hydroxylation is 2. The van der Waals surface area contributed by atoms with E-state index in [0.29, 0.717) is 12.0 Å². The van der Waals surface area contributed by atoms with Crippen LogP contribution in [-0.2, 0) is 61.6 Å². The van der Waals surface area contributed by atoms with Crippen molar-refractivity contribution in [2.45, 2.75) is 262 Å². The zero-order valence-electron chi connectivity index (χ0n) is 88.0. The van der Waals surface area contributed by atoms with Crippen LogP contribution in [-0.4, -0.2) is 59.1 Å². The summed E-state index contributed by atoms with van der Waals surface area (Å²) >= 11 is 0. The molecule has 0 aliphatic rings. The van der Waals surface area contributed by atoms with Gasteiger partial charge < -0.3 is 49.3 Å². The maximum atomic E-state index is 8.88. The van der Waals surface area contributed by atoms with Crippen molar-refractivity contribution in [2.75, 3.05) is 14.2 Å². The second-order valence-corrected chi connectivity index (χ2v) is 45.9. The quantitative estimate of drug-likeness (QED) is 0.0782.